The number of methoxy groups -OCH3 is 1. The van der Waals surface area contributed by atoms with E-state index < -0.39 is 5.92 Å². The van der Waals surface area contributed by atoms with E-state index in [-0.39, 0.29) is 24.8 Å². The van der Waals surface area contributed by atoms with Gasteiger partial charge in [0.05, 0.1) is 18.7 Å². The Morgan fingerprint density at radius 1 is 1.06 bits per heavy atom. The number of hydrogen-bond acceptors (Lipinski definition) is 5. The number of carbonyl (C=O) groups is 2. The molecule has 0 aliphatic carbocycles. The number of hydrazine groups is 1. The number of nitrogens with one attached hydrogen (secondary N) is 2. The topological polar surface area (TPSA) is 79.9 Å². The summed E-state index contributed by atoms with van der Waals surface area (Å²) in [4.78, 5) is 26.8. The van der Waals surface area contributed by atoms with Crippen molar-refractivity contribution in [1.29, 1.82) is 0 Å². The van der Waals surface area contributed by atoms with E-state index in [1.165, 1.54) is 7.11 Å². The molecule has 0 unspecified atom stereocenters. The van der Waals surface area contributed by atoms with E-state index in [2.05, 4.69) is 10.9 Å². The maximum atomic E-state index is 12.7. The normalized spacial score (nSPS) is 15.1. The summed E-state index contributed by atoms with van der Waals surface area (Å²) in [7, 11) is 1.52. The van der Waals surface area contributed by atoms with Gasteiger partial charge in [0.25, 0.3) is 0 Å². The van der Waals surface area contributed by atoms with Crippen LogP contribution in [0.1, 0.15) is 17.5 Å². The Bertz CT molecular complexity index is 1210. The molecule has 3 aromatic carbocycles. The molecule has 0 saturated carbocycles. The zero-order valence-electron chi connectivity index (χ0n) is 19.3. The van der Waals surface area contributed by atoms with Gasteiger partial charge in [-0.2, -0.15) is 0 Å². The third kappa shape index (κ3) is 5.81. The number of ether oxygens (including phenoxy) is 2. The van der Waals surface area contributed by atoms with Crippen molar-refractivity contribution in [1.82, 2.24) is 5.43 Å². The van der Waals surface area contributed by atoms with Crippen molar-refractivity contribution in [2.24, 2.45) is 5.92 Å². The van der Waals surface area contributed by atoms with Crippen LogP contribution in [0.4, 0.5) is 11.4 Å². The molecule has 1 fully saturated rings. The Hall–Kier alpha value is -3.42. The molecule has 7 nitrogen and oxygen atoms in total. The summed E-state index contributed by atoms with van der Waals surface area (Å²) < 4.78 is 11.3. The number of amides is 2. The Balaban J connectivity index is 1.35. The van der Waals surface area contributed by atoms with Crippen molar-refractivity contribution in [3.05, 3.63) is 81.8 Å². The molecule has 4 rings (SSSR count). The van der Waals surface area contributed by atoms with Gasteiger partial charge >= 0.3 is 0 Å². The molecular weight excluding hydrogens is 489 g/mol. The van der Waals surface area contributed by atoms with Crippen LogP contribution in [0.5, 0.6) is 11.5 Å². The van der Waals surface area contributed by atoms with Crippen LogP contribution in [0.3, 0.4) is 0 Å². The summed E-state index contributed by atoms with van der Waals surface area (Å²) in [6.07, 6.45) is 0.155. The minimum Gasteiger partial charge on any atom is -0.493 e. The summed E-state index contributed by atoms with van der Waals surface area (Å²) in [5, 5.41) is 1.03. The van der Waals surface area contributed by atoms with Crippen LogP contribution in [-0.4, -0.2) is 25.5 Å². The first kappa shape index (κ1) is 24.7. The molecule has 1 heterocycles. The van der Waals surface area contributed by atoms with Gasteiger partial charge in [-0.05, 0) is 43.3 Å². The van der Waals surface area contributed by atoms with Crippen LogP contribution in [0, 0.1) is 12.8 Å². The van der Waals surface area contributed by atoms with Crippen LogP contribution >= 0.6 is 23.2 Å². The first-order chi connectivity index (χ1) is 16.9. The molecule has 1 saturated heterocycles. The second-order valence-electron chi connectivity index (χ2n) is 8.21. The number of hydrogen-bond donors (Lipinski definition) is 2. The zero-order chi connectivity index (χ0) is 24.9. The molecule has 2 N–H and O–H groups in total. The van der Waals surface area contributed by atoms with Gasteiger partial charge in [0.2, 0.25) is 11.8 Å². The van der Waals surface area contributed by atoms with Crippen molar-refractivity contribution in [2.45, 2.75) is 20.0 Å². The fourth-order valence-electron chi connectivity index (χ4n) is 3.78. The lowest BCUT2D eigenvalue weighted by Crippen LogP contribution is -2.36. The number of benzene rings is 3. The average molecular weight is 514 g/mol. The third-order valence-corrected chi connectivity index (χ3v) is 6.48. The van der Waals surface area contributed by atoms with E-state index in [0.717, 1.165) is 11.3 Å². The second-order valence-corrected chi connectivity index (χ2v) is 9.02. The van der Waals surface area contributed by atoms with Crippen molar-refractivity contribution in [3.63, 3.8) is 0 Å². The SMILES string of the molecule is COc1cc(NNC(=O)[C@H]2CC(=O)N(c3ccc(C)cc3)C2)ccc1OCc1c(Cl)cccc1Cl. The van der Waals surface area contributed by atoms with Crippen molar-refractivity contribution in [3.8, 4) is 11.5 Å². The Morgan fingerprint density at radius 2 is 1.77 bits per heavy atom. The van der Waals surface area contributed by atoms with E-state index in [4.69, 9.17) is 32.7 Å². The maximum absolute atomic E-state index is 12.7. The van der Waals surface area contributed by atoms with Gasteiger partial charge < -0.3 is 14.4 Å². The largest absolute Gasteiger partial charge is 0.493 e. The highest BCUT2D eigenvalue weighted by Crippen LogP contribution is 2.33. The highest BCUT2D eigenvalue weighted by molar-refractivity contribution is 6.35. The standard InChI is InChI=1S/C26H25Cl2N3O4/c1-16-6-9-19(10-7-16)31-14-17(12-25(31)32)26(33)30-29-18-8-11-23(24(13-18)34-2)35-15-20-21(27)4-3-5-22(20)28/h3-11,13,17,29H,12,14-15H2,1-2H3,(H,30,33)/t17-/m0/s1. The second kappa shape index (κ2) is 10.9. The highest BCUT2D eigenvalue weighted by Gasteiger charge is 2.35. The van der Waals surface area contributed by atoms with E-state index in [0.29, 0.717) is 39.3 Å². The monoisotopic (exact) mass is 513 g/mol. The minimum atomic E-state index is -0.457. The van der Waals surface area contributed by atoms with Crippen LogP contribution in [0.2, 0.25) is 10.0 Å². The molecule has 0 radical (unpaired) electrons. The number of carbonyl (C=O) groups excluding carboxylic acids is 2. The van der Waals surface area contributed by atoms with E-state index in [9.17, 15) is 9.59 Å². The summed E-state index contributed by atoms with van der Waals surface area (Å²) >= 11 is 12.4. The quantitative estimate of drug-likeness (QED) is 0.395. The fraction of sp³-hybridized carbons (Fsp3) is 0.231. The fourth-order valence-corrected chi connectivity index (χ4v) is 4.28. The lowest BCUT2D eigenvalue weighted by molar-refractivity contribution is -0.125. The predicted octanol–water partition coefficient (Wildman–Crippen LogP) is 5.39. The van der Waals surface area contributed by atoms with Crippen LogP contribution in [0.15, 0.2) is 60.7 Å². The smallest absolute Gasteiger partial charge is 0.243 e. The molecule has 182 valence electrons. The van der Waals surface area contributed by atoms with Gasteiger partial charge in [0.1, 0.15) is 6.61 Å². The molecule has 9 heteroatoms. The molecule has 1 aliphatic rings. The summed E-state index contributed by atoms with van der Waals surface area (Å²) in [6.45, 7) is 2.49. The molecular formula is C26H25Cl2N3O4. The first-order valence-corrected chi connectivity index (χ1v) is 11.8. The number of aryl methyl sites for hydroxylation is 1. The lowest BCUT2D eigenvalue weighted by atomic mass is 10.1. The van der Waals surface area contributed by atoms with Gasteiger partial charge in [-0.3, -0.25) is 20.4 Å². The average Bonchev–Trinajstić information content (AvgIpc) is 3.24. The van der Waals surface area contributed by atoms with Gasteiger partial charge in [0, 0.05) is 40.3 Å². The van der Waals surface area contributed by atoms with Gasteiger partial charge in [-0.1, -0.05) is 47.0 Å². The summed E-state index contributed by atoms with van der Waals surface area (Å²) in [5.74, 6) is 0.169. The van der Waals surface area contributed by atoms with Crippen molar-refractivity contribution < 1.29 is 19.1 Å². The van der Waals surface area contributed by atoms with Gasteiger partial charge in [-0.25, -0.2) is 0 Å². The van der Waals surface area contributed by atoms with Gasteiger partial charge in [0.15, 0.2) is 11.5 Å². The first-order valence-electron chi connectivity index (χ1n) is 11.0. The van der Waals surface area contributed by atoms with Crippen molar-refractivity contribution >= 4 is 46.4 Å². The molecule has 3 aromatic rings. The minimum absolute atomic E-state index is 0.0733. The molecule has 1 atom stereocenters. The highest BCUT2D eigenvalue weighted by atomic mass is 35.5. The molecule has 0 aromatic heterocycles. The number of rotatable bonds is 8. The molecule has 2 amide bonds. The summed E-state index contributed by atoms with van der Waals surface area (Å²) in [5.41, 5.74) is 8.75. The number of anilines is 2. The van der Waals surface area contributed by atoms with E-state index >= 15 is 0 Å². The lowest BCUT2D eigenvalue weighted by Gasteiger charge is -2.17. The Labute approximate surface area is 213 Å². The Kier molecular flexibility index (Phi) is 7.68. The molecule has 35 heavy (non-hydrogen) atoms. The Morgan fingerprint density at radius 3 is 2.46 bits per heavy atom. The maximum Gasteiger partial charge on any atom is 0.243 e. The van der Waals surface area contributed by atoms with E-state index in [1.807, 2.05) is 31.2 Å². The summed E-state index contributed by atoms with van der Waals surface area (Å²) in [6, 6.07) is 18.1. The van der Waals surface area contributed by atoms with Gasteiger partial charge in [-0.15, -0.1) is 0 Å². The van der Waals surface area contributed by atoms with Crippen LogP contribution < -0.4 is 25.2 Å². The van der Waals surface area contributed by atoms with E-state index in [1.54, 1.807) is 41.3 Å². The number of halogens is 2. The van der Waals surface area contributed by atoms with Crippen LogP contribution in [-0.2, 0) is 16.2 Å². The molecule has 0 bridgehead atoms. The molecule has 0 spiro atoms. The predicted molar refractivity (Wildman–Crippen MR) is 137 cm³/mol. The zero-order valence-corrected chi connectivity index (χ0v) is 20.8. The van der Waals surface area contributed by atoms with Crippen molar-refractivity contribution in [2.75, 3.05) is 24.0 Å². The number of nitrogens with zero attached hydrogens (tertiary/aromatic N) is 1. The van der Waals surface area contributed by atoms with Crippen LogP contribution in [0.25, 0.3) is 0 Å². The third-order valence-electron chi connectivity index (χ3n) is 5.77. The molecule has 1 aliphatic heterocycles.